The minimum Gasteiger partial charge on any atom is -0.367 e. The fourth-order valence-corrected chi connectivity index (χ4v) is 3.11. The lowest BCUT2D eigenvalue weighted by atomic mass is 10.1. The van der Waals surface area contributed by atoms with Crippen molar-refractivity contribution >= 4 is 16.6 Å². The molecule has 4 rings (SSSR count). The summed E-state index contributed by atoms with van der Waals surface area (Å²) in [5, 5.41) is 18.6. The van der Waals surface area contributed by atoms with E-state index in [0.717, 1.165) is 18.4 Å². The topological polar surface area (TPSA) is 103 Å². The molecule has 114 valence electrons. The molecule has 0 radical (unpaired) electrons. The van der Waals surface area contributed by atoms with E-state index in [9.17, 15) is 10.1 Å². The molecule has 1 aliphatic heterocycles. The standard InChI is InChI=1S/C15H13N7O/c16-7-12-14(11-1-3-17-8-13(11)20-15(12)23)21-6-2-10(9-21)22-18-4-5-19-22/h1,3-5,8,10H,2,6,9H2,(H,20,23)/t10-/m1/s1. The van der Waals surface area contributed by atoms with Gasteiger partial charge in [-0.1, -0.05) is 0 Å². The van der Waals surface area contributed by atoms with Gasteiger partial charge in [0.05, 0.1) is 35.8 Å². The van der Waals surface area contributed by atoms with Crippen LogP contribution in [-0.2, 0) is 0 Å². The Kier molecular flexibility index (Phi) is 3.05. The van der Waals surface area contributed by atoms with Crippen LogP contribution in [0.15, 0.2) is 35.6 Å². The van der Waals surface area contributed by atoms with E-state index in [0.29, 0.717) is 17.7 Å². The average Bonchev–Trinajstić information content (AvgIpc) is 3.24. The van der Waals surface area contributed by atoms with Crippen LogP contribution >= 0.6 is 0 Å². The molecule has 1 fully saturated rings. The highest BCUT2D eigenvalue weighted by molar-refractivity contribution is 5.94. The highest BCUT2D eigenvalue weighted by Crippen LogP contribution is 2.32. The van der Waals surface area contributed by atoms with E-state index >= 15 is 0 Å². The number of pyridine rings is 2. The zero-order valence-corrected chi connectivity index (χ0v) is 12.2. The molecule has 0 saturated carbocycles. The van der Waals surface area contributed by atoms with Crippen LogP contribution in [0.1, 0.15) is 18.0 Å². The molecule has 4 heterocycles. The molecular weight excluding hydrogens is 294 g/mol. The van der Waals surface area contributed by atoms with Crippen molar-refractivity contribution in [2.24, 2.45) is 0 Å². The van der Waals surface area contributed by atoms with E-state index in [1.807, 2.05) is 12.1 Å². The minimum atomic E-state index is -0.385. The van der Waals surface area contributed by atoms with Crippen LogP contribution in [0, 0.1) is 11.3 Å². The summed E-state index contributed by atoms with van der Waals surface area (Å²) in [5.74, 6) is 0. The molecular formula is C15H13N7O. The summed E-state index contributed by atoms with van der Waals surface area (Å²) < 4.78 is 0. The number of fused-ring (bicyclic) bond motifs is 1. The molecule has 23 heavy (non-hydrogen) atoms. The Labute approximate surface area is 131 Å². The fourth-order valence-electron chi connectivity index (χ4n) is 3.11. The Balaban J connectivity index is 1.83. The van der Waals surface area contributed by atoms with E-state index in [4.69, 9.17) is 0 Å². The second kappa shape index (κ2) is 5.21. The van der Waals surface area contributed by atoms with Crippen LogP contribution in [0.2, 0.25) is 0 Å². The molecule has 0 amide bonds. The maximum Gasteiger partial charge on any atom is 0.268 e. The number of aromatic nitrogens is 5. The van der Waals surface area contributed by atoms with Gasteiger partial charge in [0.2, 0.25) is 0 Å². The van der Waals surface area contributed by atoms with Crippen LogP contribution in [0.5, 0.6) is 0 Å². The normalized spacial score (nSPS) is 17.5. The molecule has 0 spiro atoms. The molecule has 0 unspecified atom stereocenters. The van der Waals surface area contributed by atoms with Gasteiger partial charge < -0.3 is 9.88 Å². The molecule has 8 heteroatoms. The fraction of sp³-hybridized carbons (Fsp3) is 0.267. The highest BCUT2D eigenvalue weighted by atomic mass is 16.1. The molecule has 0 aromatic carbocycles. The Morgan fingerprint density at radius 2 is 2.13 bits per heavy atom. The predicted molar refractivity (Wildman–Crippen MR) is 83.0 cm³/mol. The van der Waals surface area contributed by atoms with Crippen molar-refractivity contribution < 1.29 is 0 Å². The zero-order valence-electron chi connectivity index (χ0n) is 12.2. The van der Waals surface area contributed by atoms with Crippen LogP contribution in [0.4, 0.5) is 5.69 Å². The molecule has 1 saturated heterocycles. The summed E-state index contributed by atoms with van der Waals surface area (Å²) in [6.45, 7) is 1.39. The van der Waals surface area contributed by atoms with Crippen molar-refractivity contribution in [3.8, 4) is 6.07 Å². The van der Waals surface area contributed by atoms with Gasteiger partial charge in [0.15, 0.2) is 0 Å². The third-order valence-electron chi connectivity index (χ3n) is 4.14. The number of nitrogens with one attached hydrogen (secondary N) is 1. The second-order valence-electron chi connectivity index (χ2n) is 5.45. The Morgan fingerprint density at radius 1 is 1.30 bits per heavy atom. The summed E-state index contributed by atoms with van der Waals surface area (Å²) in [6, 6.07) is 3.99. The van der Waals surface area contributed by atoms with Crippen LogP contribution < -0.4 is 10.5 Å². The molecule has 3 aromatic heterocycles. The molecule has 1 atom stereocenters. The van der Waals surface area contributed by atoms with E-state index in [1.54, 1.807) is 29.6 Å². The van der Waals surface area contributed by atoms with Crippen LogP contribution in [0.3, 0.4) is 0 Å². The van der Waals surface area contributed by atoms with E-state index in [2.05, 4.69) is 25.1 Å². The Bertz CT molecular complexity index is 954. The maximum absolute atomic E-state index is 12.2. The molecule has 1 aliphatic rings. The van der Waals surface area contributed by atoms with Crippen LogP contribution in [0.25, 0.3) is 10.9 Å². The maximum atomic E-state index is 12.2. The van der Waals surface area contributed by atoms with E-state index in [1.165, 1.54) is 0 Å². The monoisotopic (exact) mass is 307 g/mol. The van der Waals surface area contributed by atoms with Gasteiger partial charge >= 0.3 is 0 Å². The SMILES string of the molecule is N#Cc1c(N2CC[C@@H](n3nccn3)C2)c2ccncc2[nH]c1=O. The van der Waals surface area contributed by atoms with Gasteiger partial charge in [-0.3, -0.25) is 9.78 Å². The first kappa shape index (κ1) is 13.5. The quantitative estimate of drug-likeness (QED) is 0.752. The third kappa shape index (κ3) is 2.14. The Morgan fingerprint density at radius 3 is 2.91 bits per heavy atom. The van der Waals surface area contributed by atoms with Gasteiger partial charge in [0.25, 0.3) is 5.56 Å². The Hall–Kier alpha value is -3.21. The lowest BCUT2D eigenvalue weighted by Crippen LogP contribution is -2.26. The number of aromatic amines is 1. The van der Waals surface area contributed by atoms with Gasteiger partial charge in [-0.2, -0.15) is 20.3 Å². The number of H-pyrrole nitrogens is 1. The van der Waals surface area contributed by atoms with Crippen molar-refractivity contribution in [2.75, 3.05) is 18.0 Å². The summed E-state index contributed by atoms with van der Waals surface area (Å²) >= 11 is 0. The molecule has 0 aliphatic carbocycles. The van der Waals surface area contributed by atoms with Gasteiger partial charge in [-0.15, -0.1) is 0 Å². The summed E-state index contributed by atoms with van der Waals surface area (Å²) in [6.07, 6.45) is 7.42. The molecule has 0 bridgehead atoms. The number of nitrogens with zero attached hydrogens (tertiary/aromatic N) is 6. The minimum absolute atomic E-state index is 0.132. The third-order valence-corrected chi connectivity index (χ3v) is 4.14. The average molecular weight is 307 g/mol. The summed E-state index contributed by atoms with van der Waals surface area (Å²) in [5.41, 5.74) is 1.05. The lowest BCUT2D eigenvalue weighted by molar-refractivity contribution is 0.436. The number of rotatable bonds is 2. The van der Waals surface area contributed by atoms with Gasteiger partial charge in [-0.05, 0) is 12.5 Å². The first-order valence-corrected chi connectivity index (χ1v) is 7.29. The van der Waals surface area contributed by atoms with Crippen molar-refractivity contribution in [3.63, 3.8) is 0 Å². The molecule has 1 N–H and O–H groups in total. The second-order valence-corrected chi connectivity index (χ2v) is 5.45. The van der Waals surface area contributed by atoms with Crippen molar-refractivity contribution in [1.82, 2.24) is 25.0 Å². The van der Waals surface area contributed by atoms with Crippen molar-refractivity contribution in [3.05, 3.63) is 46.8 Å². The van der Waals surface area contributed by atoms with Crippen molar-refractivity contribution in [2.45, 2.75) is 12.5 Å². The van der Waals surface area contributed by atoms with E-state index in [-0.39, 0.29) is 17.2 Å². The first-order chi connectivity index (χ1) is 11.3. The highest BCUT2D eigenvalue weighted by Gasteiger charge is 2.29. The van der Waals surface area contributed by atoms with Gasteiger partial charge in [-0.25, -0.2) is 0 Å². The largest absolute Gasteiger partial charge is 0.367 e. The summed E-state index contributed by atoms with van der Waals surface area (Å²) in [4.78, 5) is 22.7. The molecule has 3 aromatic rings. The van der Waals surface area contributed by atoms with Crippen LogP contribution in [-0.4, -0.2) is 38.1 Å². The summed E-state index contributed by atoms with van der Waals surface area (Å²) in [7, 11) is 0. The molecule has 8 nitrogen and oxygen atoms in total. The van der Waals surface area contributed by atoms with Crippen molar-refractivity contribution in [1.29, 1.82) is 5.26 Å². The van der Waals surface area contributed by atoms with Gasteiger partial charge in [0.1, 0.15) is 11.6 Å². The lowest BCUT2D eigenvalue weighted by Gasteiger charge is -2.21. The van der Waals surface area contributed by atoms with Gasteiger partial charge in [0, 0.05) is 24.7 Å². The smallest absolute Gasteiger partial charge is 0.268 e. The number of hydrogen-bond donors (Lipinski definition) is 1. The van der Waals surface area contributed by atoms with E-state index < -0.39 is 0 Å². The number of nitriles is 1. The zero-order chi connectivity index (χ0) is 15.8. The number of hydrogen-bond acceptors (Lipinski definition) is 6. The number of anilines is 1. The predicted octanol–water partition coefficient (Wildman–Crippen LogP) is 0.838. The first-order valence-electron chi connectivity index (χ1n) is 7.29.